The summed E-state index contributed by atoms with van der Waals surface area (Å²) in [6.45, 7) is 1.99. The van der Waals surface area contributed by atoms with Crippen LogP contribution in [0, 0.1) is 6.92 Å². The van der Waals surface area contributed by atoms with Crippen LogP contribution >= 0.6 is 15.9 Å². The van der Waals surface area contributed by atoms with Gasteiger partial charge in [-0.25, -0.2) is 4.79 Å². The number of nitrogens with one attached hydrogen (secondary N) is 1. The van der Waals surface area contributed by atoms with Gasteiger partial charge in [0.15, 0.2) is 0 Å². The summed E-state index contributed by atoms with van der Waals surface area (Å²) < 4.78 is 0.541. The summed E-state index contributed by atoms with van der Waals surface area (Å²) in [5.74, 6) is -1.16. The molecule has 2 rings (SSSR count). The summed E-state index contributed by atoms with van der Waals surface area (Å²) in [4.78, 5) is 22.8. The summed E-state index contributed by atoms with van der Waals surface area (Å²) >= 11 is 3.26. The number of carbonyl (C=O) groups is 2. The molecule has 0 radical (unpaired) electrons. The number of halogens is 1. The fourth-order valence-electron chi connectivity index (χ4n) is 1.84. The molecule has 0 aromatic heterocycles. The van der Waals surface area contributed by atoms with Gasteiger partial charge in [-0.1, -0.05) is 29.8 Å². The molecule has 1 amide bonds. The van der Waals surface area contributed by atoms with E-state index in [2.05, 4.69) is 21.2 Å². The Morgan fingerprint density at radius 3 is 2.38 bits per heavy atom. The van der Waals surface area contributed by atoms with E-state index in [1.54, 1.807) is 6.07 Å². The molecule has 0 atom stereocenters. The van der Waals surface area contributed by atoms with Crippen LogP contribution in [-0.4, -0.2) is 17.0 Å². The zero-order valence-corrected chi connectivity index (χ0v) is 13.0. The molecule has 2 N–H and O–H groups in total. The Balaban J connectivity index is 2.06. The van der Waals surface area contributed by atoms with E-state index in [-0.39, 0.29) is 17.9 Å². The highest BCUT2D eigenvalue weighted by molar-refractivity contribution is 9.10. The number of carboxylic acids is 1. The van der Waals surface area contributed by atoms with Crippen molar-refractivity contribution in [1.82, 2.24) is 0 Å². The third kappa shape index (κ3) is 4.16. The van der Waals surface area contributed by atoms with E-state index in [1.807, 2.05) is 31.2 Å². The second kappa shape index (κ2) is 6.54. The Hall–Kier alpha value is -2.14. The summed E-state index contributed by atoms with van der Waals surface area (Å²) in [6, 6.07) is 12.2. The number of hydrogen-bond acceptors (Lipinski definition) is 2. The van der Waals surface area contributed by atoms with E-state index >= 15 is 0 Å². The van der Waals surface area contributed by atoms with Gasteiger partial charge >= 0.3 is 5.97 Å². The molecule has 5 heteroatoms. The highest BCUT2D eigenvalue weighted by Gasteiger charge is 2.09. The van der Waals surface area contributed by atoms with Crippen LogP contribution in [0.2, 0.25) is 0 Å². The average molecular weight is 348 g/mol. The Kier molecular flexibility index (Phi) is 4.75. The summed E-state index contributed by atoms with van der Waals surface area (Å²) in [5, 5.41) is 11.7. The Morgan fingerprint density at radius 2 is 1.81 bits per heavy atom. The van der Waals surface area contributed by atoms with Gasteiger partial charge in [-0.2, -0.15) is 0 Å². The molecule has 21 heavy (non-hydrogen) atoms. The van der Waals surface area contributed by atoms with E-state index in [0.29, 0.717) is 10.2 Å². The predicted molar refractivity (Wildman–Crippen MR) is 84.6 cm³/mol. The molecular formula is C16H14BrNO3. The van der Waals surface area contributed by atoms with Crippen LogP contribution in [0.1, 0.15) is 21.5 Å². The Morgan fingerprint density at radius 1 is 1.14 bits per heavy atom. The number of hydrogen-bond donors (Lipinski definition) is 2. The maximum absolute atomic E-state index is 12.0. The van der Waals surface area contributed by atoms with Crippen molar-refractivity contribution >= 4 is 33.5 Å². The Bertz CT molecular complexity index is 680. The molecule has 0 saturated heterocycles. The van der Waals surface area contributed by atoms with Crippen molar-refractivity contribution in [2.75, 3.05) is 5.32 Å². The monoisotopic (exact) mass is 347 g/mol. The van der Waals surface area contributed by atoms with Crippen molar-refractivity contribution in [3.8, 4) is 0 Å². The molecule has 0 heterocycles. The SMILES string of the molecule is Cc1ccc(CC(=O)Nc2ccc(C(=O)O)cc2Br)cc1. The first-order chi connectivity index (χ1) is 9.95. The second-order valence-electron chi connectivity index (χ2n) is 4.71. The van der Waals surface area contributed by atoms with E-state index in [4.69, 9.17) is 5.11 Å². The Labute approximate surface area is 130 Å². The molecule has 0 bridgehead atoms. The number of amides is 1. The molecule has 0 aliphatic rings. The van der Waals surface area contributed by atoms with Crippen LogP contribution in [0.25, 0.3) is 0 Å². The van der Waals surface area contributed by atoms with Crippen molar-refractivity contribution in [1.29, 1.82) is 0 Å². The van der Waals surface area contributed by atoms with E-state index in [9.17, 15) is 9.59 Å². The zero-order chi connectivity index (χ0) is 15.4. The second-order valence-corrected chi connectivity index (χ2v) is 5.56. The normalized spacial score (nSPS) is 10.2. The first-order valence-electron chi connectivity index (χ1n) is 6.34. The summed E-state index contributed by atoms with van der Waals surface area (Å²) in [6.07, 6.45) is 0.271. The number of rotatable bonds is 4. The van der Waals surface area contributed by atoms with Crippen LogP contribution in [0.4, 0.5) is 5.69 Å². The molecule has 108 valence electrons. The van der Waals surface area contributed by atoms with Crippen molar-refractivity contribution in [3.63, 3.8) is 0 Å². The predicted octanol–water partition coefficient (Wildman–Crippen LogP) is 3.64. The largest absolute Gasteiger partial charge is 0.478 e. The van der Waals surface area contributed by atoms with Gasteiger partial charge in [0.05, 0.1) is 17.7 Å². The lowest BCUT2D eigenvalue weighted by Crippen LogP contribution is -2.15. The third-order valence-electron chi connectivity index (χ3n) is 2.98. The minimum atomic E-state index is -1.01. The molecule has 0 saturated carbocycles. The van der Waals surface area contributed by atoms with Crippen molar-refractivity contribution in [3.05, 3.63) is 63.6 Å². The lowest BCUT2D eigenvalue weighted by atomic mass is 10.1. The van der Waals surface area contributed by atoms with Gasteiger partial charge in [0, 0.05) is 4.47 Å². The van der Waals surface area contributed by atoms with E-state index < -0.39 is 5.97 Å². The number of anilines is 1. The quantitative estimate of drug-likeness (QED) is 0.887. The molecule has 2 aromatic rings. The fraction of sp³-hybridized carbons (Fsp3) is 0.125. The number of carbonyl (C=O) groups excluding carboxylic acids is 1. The van der Waals surface area contributed by atoms with Crippen molar-refractivity contribution in [2.24, 2.45) is 0 Å². The minimum Gasteiger partial charge on any atom is -0.478 e. The number of benzene rings is 2. The smallest absolute Gasteiger partial charge is 0.335 e. The van der Waals surface area contributed by atoms with Gasteiger partial charge in [-0.15, -0.1) is 0 Å². The van der Waals surface area contributed by atoms with E-state index in [1.165, 1.54) is 12.1 Å². The molecular weight excluding hydrogens is 334 g/mol. The highest BCUT2D eigenvalue weighted by atomic mass is 79.9. The maximum atomic E-state index is 12.0. The number of carboxylic acid groups (broad SMARTS) is 1. The van der Waals surface area contributed by atoms with Gasteiger partial charge < -0.3 is 10.4 Å². The van der Waals surface area contributed by atoms with Crippen LogP contribution in [0.5, 0.6) is 0 Å². The first-order valence-corrected chi connectivity index (χ1v) is 7.13. The topological polar surface area (TPSA) is 66.4 Å². The molecule has 0 unspecified atom stereocenters. The van der Waals surface area contributed by atoms with Gasteiger partial charge in [-0.05, 0) is 46.6 Å². The molecule has 4 nitrogen and oxygen atoms in total. The van der Waals surface area contributed by atoms with Crippen LogP contribution in [0.15, 0.2) is 46.9 Å². The van der Waals surface area contributed by atoms with Crippen LogP contribution in [0.3, 0.4) is 0 Å². The van der Waals surface area contributed by atoms with E-state index in [0.717, 1.165) is 11.1 Å². The first kappa shape index (κ1) is 15.3. The lowest BCUT2D eigenvalue weighted by molar-refractivity contribution is -0.115. The van der Waals surface area contributed by atoms with Crippen LogP contribution < -0.4 is 5.32 Å². The zero-order valence-electron chi connectivity index (χ0n) is 11.4. The molecule has 2 aromatic carbocycles. The van der Waals surface area contributed by atoms with Gasteiger partial charge in [-0.3, -0.25) is 4.79 Å². The van der Waals surface area contributed by atoms with Gasteiger partial charge in [0.25, 0.3) is 0 Å². The molecule has 0 aliphatic carbocycles. The highest BCUT2D eigenvalue weighted by Crippen LogP contribution is 2.24. The van der Waals surface area contributed by atoms with Gasteiger partial charge in [0.2, 0.25) is 5.91 Å². The number of aryl methyl sites for hydroxylation is 1. The number of aromatic carboxylic acids is 1. The summed E-state index contributed by atoms with van der Waals surface area (Å²) in [5.41, 5.74) is 2.79. The van der Waals surface area contributed by atoms with Gasteiger partial charge in [0.1, 0.15) is 0 Å². The van der Waals surface area contributed by atoms with Crippen LogP contribution in [-0.2, 0) is 11.2 Å². The summed E-state index contributed by atoms with van der Waals surface area (Å²) in [7, 11) is 0. The van der Waals surface area contributed by atoms with Crippen molar-refractivity contribution in [2.45, 2.75) is 13.3 Å². The fourth-order valence-corrected chi connectivity index (χ4v) is 2.31. The molecule has 0 fully saturated rings. The lowest BCUT2D eigenvalue weighted by Gasteiger charge is -2.08. The average Bonchev–Trinajstić information content (AvgIpc) is 2.43. The molecule has 0 aliphatic heterocycles. The minimum absolute atomic E-state index is 0.150. The standard InChI is InChI=1S/C16H14BrNO3/c1-10-2-4-11(5-3-10)8-15(19)18-14-7-6-12(16(20)21)9-13(14)17/h2-7,9H,8H2,1H3,(H,18,19)(H,20,21). The van der Waals surface area contributed by atoms with Crippen molar-refractivity contribution < 1.29 is 14.7 Å². The maximum Gasteiger partial charge on any atom is 0.335 e. The molecule has 0 spiro atoms. The third-order valence-corrected chi connectivity index (χ3v) is 3.63.